The van der Waals surface area contributed by atoms with Gasteiger partial charge in [-0.3, -0.25) is 0 Å². The van der Waals surface area contributed by atoms with Crippen molar-refractivity contribution >= 4 is 15.8 Å². The van der Waals surface area contributed by atoms with Gasteiger partial charge in [-0.2, -0.15) is 0 Å². The average Bonchev–Trinajstić information content (AvgIpc) is 2.18. The molecule has 0 amide bonds. The van der Waals surface area contributed by atoms with Crippen LogP contribution in [0.2, 0.25) is 0 Å². The van der Waals surface area contributed by atoms with Crippen LogP contribution in [0.25, 0.3) is 0 Å². The van der Waals surface area contributed by atoms with Gasteiger partial charge >= 0.3 is 5.97 Å². The molecule has 14 heavy (non-hydrogen) atoms. The van der Waals surface area contributed by atoms with Gasteiger partial charge in [0.1, 0.15) is 0 Å². The monoisotopic (exact) mass is 212 g/mol. The molecule has 0 aromatic heterocycles. The lowest BCUT2D eigenvalue weighted by Gasteiger charge is -1.99. The van der Waals surface area contributed by atoms with Crippen molar-refractivity contribution in [3.8, 4) is 0 Å². The predicted molar refractivity (Wildman–Crippen MR) is 50.8 cm³/mol. The van der Waals surface area contributed by atoms with Crippen LogP contribution in [0, 0.1) is 0 Å². The topological polar surface area (TPSA) is 71.4 Å². The number of hydrogen-bond acceptors (Lipinski definition) is 3. The number of benzene rings is 1. The Bertz CT molecular complexity index is 473. The van der Waals surface area contributed by atoms with E-state index in [1.54, 1.807) is 0 Å². The molecule has 1 rings (SSSR count). The van der Waals surface area contributed by atoms with Crippen molar-refractivity contribution in [1.29, 1.82) is 0 Å². The van der Waals surface area contributed by atoms with Crippen molar-refractivity contribution in [2.45, 2.75) is 4.90 Å². The van der Waals surface area contributed by atoms with E-state index in [4.69, 9.17) is 5.11 Å². The maximum Gasteiger partial charge on any atom is 0.335 e. The highest BCUT2D eigenvalue weighted by Crippen LogP contribution is 2.13. The number of carboxylic acids is 1. The Labute approximate surface area is 81.4 Å². The van der Waals surface area contributed by atoms with Gasteiger partial charge in [-0.05, 0) is 18.2 Å². The third-order valence-corrected chi connectivity index (χ3v) is 2.98. The fraction of sp³-hybridized carbons (Fsp3) is 0. The van der Waals surface area contributed by atoms with Gasteiger partial charge in [-0.1, -0.05) is 12.6 Å². The molecule has 0 fully saturated rings. The Morgan fingerprint density at radius 2 is 2.07 bits per heavy atom. The average molecular weight is 212 g/mol. The van der Waals surface area contributed by atoms with Crippen LogP contribution >= 0.6 is 0 Å². The molecule has 0 aliphatic carbocycles. The largest absolute Gasteiger partial charge is 0.478 e. The second kappa shape index (κ2) is 3.63. The molecular formula is C9H8O4S. The molecule has 5 heteroatoms. The summed E-state index contributed by atoms with van der Waals surface area (Å²) in [6.45, 7) is 3.15. The first-order valence-electron chi connectivity index (χ1n) is 3.68. The molecule has 0 aliphatic heterocycles. The molecular weight excluding hydrogens is 204 g/mol. The predicted octanol–water partition coefficient (Wildman–Crippen LogP) is 1.30. The summed E-state index contributed by atoms with van der Waals surface area (Å²) in [4.78, 5) is 10.5. The summed E-state index contributed by atoms with van der Waals surface area (Å²) in [5.74, 6) is -1.16. The van der Waals surface area contributed by atoms with Crippen LogP contribution in [-0.4, -0.2) is 19.5 Å². The number of hydrogen-bond donors (Lipinski definition) is 1. The number of rotatable bonds is 3. The zero-order valence-corrected chi connectivity index (χ0v) is 7.99. The lowest BCUT2D eigenvalue weighted by atomic mass is 10.2. The van der Waals surface area contributed by atoms with Gasteiger partial charge in [0.25, 0.3) is 0 Å². The highest BCUT2D eigenvalue weighted by molar-refractivity contribution is 7.94. The molecule has 74 valence electrons. The minimum absolute atomic E-state index is 0.0621. The summed E-state index contributed by atoms with van der Waals surface area (Å²) in [7, 11) is -3.55. The summed E-state index contributed by atoms with van der Waals surface area (Å²) < 4.78 is 22.5. The molecule has 0 unspecified atom stereocenters. The van der Waals surface area contributed by atoms with Gasteiger partial charge in [0.15, 0.2) is 9.84 Å². The smallest absolute Gasteiger partial charge is 0.335 e. The molecule has 1 aromatic carbocycles. The van der Waals surface area contributed by atoms with Crippen LogP contribution in [-0.2, 0) is 9.84 Å². The molecule has 0 radical (unpaired) electrons. The quantitative estimate of drug-likeness (QED) is 0.819. The van der Waals surface area contributed by atoms with E-state index in [1.165, 1.54) is 18.2 Å². The van der Waals surface area contributed by atoms with Crippen molar-refractivity contribution in [2.24, 2.45) is 0 Å². The van der Waals surface area contributed by atoms with Gasteiger partial charge in [0, 0.05) is 5.41 Å². The Hall–Kier alpha value is -1.62. The maximum absolute atomic E-state index is 11.3. The molecule has 0 bridgehead atoms. The van der Waals surface area contributed by atoms with Crippen LogP contribution in [0.3, 0.4) is 0 Å². The SMILES string of the molecule is C=CS(=O)(=O)c1cccc(C(=O)O)c1. The summed E-state index contributed by atoms with van der Waals surface area (Å²) in [5, 5.41) is 9.41. The normalized spacial score (nSPS) is 10.9. The van der Waals surface area contributed by atoms with Crippen molar-refractivity contribution in [3.63, 3.8) is 0 Å². The van der Waals surface area contributed by atoms with E-state index in [1.807, 2.05) is 0 Å². The van der Waals surface area contributed by atoms with Gasteiger partial charge in [0.05, 0.1) is 10.5 Å². The van der Waals surface area contributed by atoms with Crippen LogP contribution < -0.4 is 0 Å². The lowest BCUT2D eigenvalue weighted by molar-refractivity contribution is 0.0696. The van der Waals surface area contributed by atoms with Crippen molar-refractivity contribution in [1.82, 2.24) is 0 Å². The van der Waals surface area contributed by atoms with E-state index in [0.29, 0.717) is 0 Å². The third-order valence-electron chi connectivity index (χ3n) is 1.63. The maximum atomic E-state index is 11.3. The number of aromatic carboxylic acids is 1. The third kappa shape index (κ3) is 2.00. The minimum atomic E-state index is -3.55. The van der Waals surface area contributed by atoms with E-state index in [0.717, 1.165) is 11.5 Å². The number of carboxylic acid groups (broad SMARTS) is 1. The van der Waals surface area contributed by atoms with Crippen LogP contribution in [0.1, 0.15) is 10.4 Å². The molecule has 0 saturated carbocycles. The Morgan fingerprint density at radius 1 is 1.43 bits per heavy atom. The van der Waals surface area contributed by atoms with Crippen molar-refractivity contribution in [2.75, 3.05) is 0 Å². The number of carbonyl (C=O) groups is 1. The molecule has 4 nitrogen and oxygen atoms in total. The van der Waals surface area contributed by atoms with Gasteiger partial charge in [-0.15, -0.1) is 0 Å². The second-order valence-corrected chi connectivity index (χ2v) is 4.44. The van der Waals surface area contributed by atoms with Crippen molar-refractivity contribution in [3.05, 3.63) is 41.8 Å². The van der Waals surface area contributed by atoms with Crippen LogP contribution in [0.15, 0.2) is 41.1 Å². The van der Waals surface area contributed by atoms with E-state index in [2.05, 4.69) is 6.58 Å². The van der Waals surface area contributed by atoms with E-state index in [9.17, 15) is 13.2 Å². The Balaban J connectivity index is 3.33. The fourth-order valence-electron chi connectivity index (χ4n) is 0.902. The first kappa shape index (κ1) is 10.5. The summed E-state index contributed by atoms with van der Waals surface area (Å²) in [6.07, 6.45) is 0. The molecule has 0 spiro atoms. The highest BCUT2D eigenvalue weighted by Gasteiger charge is 2.11. The lowest BCUT2D eigenvalue weighted by Crippen LogP contribution is -2.00. The fourth-order valence-corrected chi connectivity index (χ4v) is 1.65. The van der Waals surface area contributed by atoms with Crippen LogP contribution in [0.4, 0.5) is 0 Å². The van der Waals surface area contributed by atoms with E-state index >= 15 is 0 Å². The molecule has 1 aromatic rings. The molecule has 1 N–H and O–H groups in total. The number of sulfone groups is 1. The van der Waals surface area contributed by atoms with Gasteiger partial charge < -0.3 is 5.11 Å². The zero-order valence-electron chi connectivity index (χ0n) is 7.17. The summed E-state index contributed by atoms with van der Waals surface area (Å²) in [6, 6.07) is 5.12. The van der Waals surface area contributed by atoms with E-state index < -0.39 is 15.8 Å². The standard InChI is InChI=1S/C9H8O4S/c1-2-14(12,13)8-5-3-4-7(6-8)9(10)11/h2-6H,1H2,(H,10,11). The minimum Gasteiger partial charge on any atom is -0.478 e. The first-order chi connectivity index (χ1) is 6.47. The van der Waals surface area contributed by atoms with Gasteiger partial charge in [-0.25, -0.2) is 13.2 Å². The molecule has 0 atom stereocenters. The summed E-state index contributed by atoms with van der Waals surface area (Å²) >= 11 is 0. The first-order valence-corrected chi connectivity index (χ1v) is 5.23. The van der Waals surface area contributed by atoms with Gasteiger partial charge in [0.2, 0.25) is 0 Å². The second-order valence-electron chi connectivity index (χ2n) is 2.54. The van der Waals surface area contributed by atoms with Crippen LogP contribution in [0.5, 0.6) is 0 Å². The van der Waals surface area contributed by atoms with Crippen molar-refractivity contribution < 1.29 is 18.3 Å². The zero-order chi connectivity index (χ0) is 10.8. The summed E-state index contributed by atoms with van der Waals surface area (Å²) in [5.41, 5.74) is -0.0621. The molecule has 0 heterocycles. The highest BCUT2D eigenvalue weighted by atomic mass is 32.2. The molecule has 0 aliphatic rings. The Kier molecular flexibility index (Phi) is 2.71. The molecule has 0 saturated heterocycles. The van der Waals surface area contributed by atoms with E-state index in [-0.39, 0.29) is 10.5 Å². The Morgan fingerprint density at radius 3 is 2.57 bits per heavy atom.